The van der Waals surface area contributed by atoms with Crippen molar-refractivity contribution < 1.29 is 23.5 Å². The number of benzene rings is 3. The molecule has 4 atom stereocenters. The summed E-state index contributed by atoms with van der Waals surface area (Å²) in [6, 6.07) is 14.3. The first-order valence-electron chi connectivity index (χ1n) is 13.5. The van der Waals surface area contributed by atoms with Gasteiger partial charge in [-0.15, -0.1) is 0 Å². The Morgan fingerprint density at radius 3 is 2.51 bits per heavy atom. The van der Waals surface area contributed by atoms with Crippen LogP contribution in [0.1, 0.15) is 53.2 Å². The van der Waals surface area contributed by atoms with Crippen LogP contribution in [0.4, 0.5) is 10.1 Å². The van der Waals surface area contributed by atoms with E-state index < -0.39 is 46.5 Å². The monoisotopic (exact) mass is 641 g/mol. The molecule has 11 heteroatoms. The summed E-state index contributed by atoms with van der Waals surface area (Å²) in [6.45, 7) is 3.48. The molecule has 0 aliphatic carbocycles. The molecule has 0 saturated carbocycles. The molecule has 1 amide bonds. The van der Waals surface area contributed by atoms with Crippen molar-refractivity contribution in [1.29, 1.82) is 5.26 Å². The number of nitrogens with zero attached hydrogens (tertiary/aromatic N) is 1. The standard InChI is InChI=1S/C32H27Cl3FN3O4/c1-31(2,15-37)14-25-32(20-10-9-18(33)13-23(20)38-30(32)42)26(19-5-4-6-21(34)27(19)36)28(39-25)24(40)12-16-7-8-17(11-22(16)35)29(41)43-3/h4-11,13,25-26,28,39H,12,14H2,1-3H3,(H,38,42)/t25-,26-,28-,32+/m0/s1. The van der Waals surface area contributed by atoms with Crippen LogP contribution in [0.2, 0.25) is 15.1 Å². The van der Waals surface area contributed by atoms with Crippen molar-refractivity contribution in [3.05, 3.63) is 97.7 Å². The molecule has 1 saturated heterocycles. The van der Waals surface area contributed by atoms with Crippen molar-refractivity contribution in [2.24, 2.45) is 5.41 Å². The molecule has 1 fully saturated rings. The lowest BCUT2D eigenvalue weighted by Crippen LogP contribution is -2.50. The summed E-state index contributed by atoms with van der Waals surface area (Å²) in [7, 11) is 1.25. The van der Waals surface area contributed by atoms with Gasteiger partial charge < -0.3 is 15.4 Å². The van der Waals surface area contributed by atoms with E-state index in [1.165, 1.54) is 31.4 Å². The maximum atomic E-state index is 15.9. The van der Waals surface area contributed by atoms with E-state index in [0.717, 1.165) is 0 Å². The number of hydrogen-bond acceptors (Lipinski definition) is 6. The highest BCUT2D eigenvalue weighted by atomic mass is 35.5. The average Bonchev–Trinajstić information content (AvgIpc) is 3.44. The highest BCUT2D eigenvalue weighted by Gasteiger charge is 2.66. The van der Waals surface area contributed by atoms with Gasteiger partial charge in [0.25, 0.3) is 0 Å². The summed E-state index contributed by atoms with van der Waals surface area (Å²) >= 11 is 19.0. The topological polar surface area (TPSA) is 108 Å². The molecule has 0 unspecified atom stereocenters. The zero-order valence-electron chi connectivity index (χ0n) is 23.4. The number of Topliss-reactive ketones (excluding diaryl/α,β-unsaturated/α-hetero) is 1. The van der Waals surface area contributed by atoms with Crippen molar-refractivity contribution in [1.82, 2.24) is 5.32 Å². The van der Waals surface area contributed by atoms with Crippen LogP contribution in [0.25, 0.3) is 0 Å². The molecule has 222 valence electrons. The number of carbonyl (C=O) groups is 3. The van der Waals surface area contributed by atoms with Crippen LogP contribution in [0.15, 0.2) is 54.6 Å². The maximum Gasteiger partial charge on any atom is 0.337 e. The number of hydrogen-bond donors (Lipinski definition) is 2. The summed E-state index contributed by atoms with van der Waals surface area (Å²) in [5.41, 5.74) is -0.697. The van der Waals surface area contributed by atoms with Gasteiger partial charge in [0.2, 0.25) is 5.91 Å². The van der Waals surface area contributed by atoms with Crippen LogP contribution in [-0.2, 0) is 26.2 Å². The number of carbonyl (C=O) groups excluding carboxylic acids is 3. The van der Waals surface area contributed by atoms with Gasteiger partial charge >= 0.3 is 5.97 Å². The summed E-state index contributed by atoms with van der Waals surface area (Å²) in [6.07, 6.45) is -0.0216. The number of nitrogens with one attached hydrogen (secondary N) is 2. The van der Waals surface area contributed by atoms with Crippen LogP contribution in [0.3, 0.4) is 0 Å². The largest absolute Gasteiger partial charge is 0.465 e. The minimum Gasteiger partial charge on any atom is -0.465 e. The van der Waals surface area contributed by atoms with Crippen LogP contribution in [0, 0.1) is 22.6 Å². The van der Waals surface area contributed by atoms with E-state index in [0.29, 0.717) is 21.8 Å². The van der Waals surface area contributed by atoms with E-state index in [1.807, 2.05) is 0 Å². The van der Waals surface area contributed by atoms with Crippen molar-refractivity contribution in [3.8, 4) is 6.07 Å². The summed E-state index contributed by atoms with van der Waals surface area (Å²) in [4.78, 5) is 40.4. The number of esters is 1. The fraction of sp³-hybridized carbons (Fsp3) is 0.312. The van der Waals surface area contributed by atoms with Crippen LogP contribution in [0.5, 0.6) is 0 Å². The Bertz CT molecular complexity index is 1710. The first-order chi connectivity index (χ1) is 20.3. The van der Waals surface area contributed by atoms with Gasteiger partial charge in [0.15, 0.2) is 5.78 Å². The second kappa shape index (κ2) is 11.5. The second-order valence-corrected chi connectivity index (χ2v) is 12.7. The Hall–Kier alpha value is -3.48. The van der Waals surface area contributed by atoms with E-state index in [1.54, 1.807) is 44.2 Å². The predicted molar refractivity (Wildman–Crippen MR) is 162 cm³/mol. The fourth-order valence-corrected chi connectivity index (χ4v) is 6.98. The van der Waals surface area contributed by atoms with Gasteiger partial charge in [-0.3, -0.25) is 9.59 Å². The molecule has 5 rings (SSSR count). The second-order valence-electron chi connectivity index (χ2n) is 11.5. The molecule has 1 spiro atoms. The summed E-state index contributed by atoms with van der Waals surface area (Å²) < 4.78 is 20.7. The molecule has 3 aromatic rings. The van der Waals surface area contributed by atoms with Gasteiger partial charge in [0.1, 0.15) is 11.2 Å². The number of anilines is 1. The molecule has 0 radical (unpaired) electrons. The third kappa shape index (κ3) is 5.29. The first kappa shape index (κ1) is 31.0. The lowest BCUT2D eigenvalue weighted by molar-refractivity contribution is -0.122. The van der Waals surface area contributed by atoms with Crippen molar-refractivity contribution in [3.63, 3.8) is 0 Å². The third-order valence-electron chi connectivity index (χ3n) is 8.32. The van der Waals surface area contributed by atoms with Gasteiger partial charge in [0, 0.05) is 34.1 Å². The maximum absolute atomic E-state index is 15.9. The van der Waals surface area contributed by atoms with Crippen LogP contribution in [-0.4, -0.2) is 36.9 Å². The van der Waals surface area contributed by atoms with Gasteiger partial charge in [0.05, 0.1) is 35.2 Å². The van der Waals surface area contributed by atoms with Crippen molar-refractivity contribution in [2.45, 2.75) is 50.1 Å². The average molecular weight is 643 g/mol. The minimum absolute atomic E-state index is 0.0840. The smallest absolute Gasteiger partial charge is 0.337 e. The predicted octanol–water partition coefficient (Wildman–Crippen LogP) is 6.64. The molecular weight excluding hydrogens is 616 g/mol. The lowest BCUT2D eigenvalue weighted by atomic mass is 9.62. The molecule has 3 aromatic carbocycles. The van der Waals surface area contributed by atoms with E-state index >= 15 is 4.39 Å². The number of rotatable bonds is 7. The molecule has 7 nitrogen and oxygen atoms in total. The number of fused-ring (bicyclic) bond motifs is 2. The number of ether oxygens (including phenoxy) is 1. The number of amides is 1. The number of halogens is 4. The molecule has 43 heavy (non-hydrogen) atoms. The Morgan fingerprint density at radius 1 is 1.09 bits per heavy atom. The summed E-state index contributed by atoms with van der Waals surface area (Å²) in [5, 5.41) is 16.6. The Kier molecular flexibility index (Phi) is 8.32. The van der Waals surface area contributed by atoms with Gasteiger partial charge in [-0.2, -0.15) is 5.26 Å². The van der Waals surface area contributed by atoms with Crippen molar-refractivity contribution in [2.75, 3.05) is 12.4 Å². The minimum atomic E-state index is -1.50. The normalized spacial score (nSPS) is 22.7. The third-order valence-corrected chi connectivity index (χ3v) is 9.20. The molecule has 2 aliphatic rings. The molecule has 0 bridgehead atoms. The molecule has 0 aromatic heterocycles. The zero-order chi connectivity index (χ0) is 31.3. The molecule has 2 aliphatic heterocycles. The van der Waals surface area contributed by atoms with Crippen LogP contribution < -0.4 is 10.6 Å². The Balaban J connectivity index is 1.69. The Morgan fingerprint density at radius 2 is 1.84 bits per heavy atom. The zero-order valence-corrected chi connectivity index (χ0v) is 25.7. The molecule has 2 heterocycles. The van der Waals surface area contributed by atoms with Crippen LogP contribution >= 0.6 is 34.8 Å². The van der Waals surface area contributed by atoms with E-state index in [2.05, 4.69) is 16.7 Å². The highest BCUT2D eigenvalue weighted by molar-refractivity contribution is 6.32. The highest BCUT2D eigenvalue weighted by Crippen LogP contribution is 2.57. The Labute approximate surface area is 263 Å². The van der Waals surface area contributed by atoms with E-state index in [-0.39, 0.29) is 39.8 Å². The first-order valence-corrected chi connectivity index (χ1v) is 14.6. The number of methoxy groups -OCH3 is 1. The van der Waals surface area contributed by atoms with Gasteiger partial charge in [-0.25, -0.2) is 9.18 Å². The number of nitriles is 1. The van der Waals surface area contributed by atoms with E-state index in [4.69, 9.17) is 39.5 Å². The lowest BCUT2D eigenvalue weighted by Gasteiger charge is -2.37. The molecular formula is C32H27Cl3FN3O4. The van der Waals surface area contributed by atoms with Crippen molar-refractivity contribution >= 4 is 58.1 Å². The quantitative estimate of drug-likeness (QED) is 0.280. The number of ketones is 1. The fourth-order valence-electron chi connectivity index (χ4n) is 6.38. The SMILES string of the molecule is COC(=O)c1ccc(CC(=O)[C@@H]2N[C@@H](CC(C)(C)C#N)[C@@]3(C(=O)Nc4cc(Cl)ccc43)[C@H]2c2cccc(Cl)c2F)c(Cl)c1. The van der Waals surface area contributed by atoms with Gasteiger partial charge in [-0.05, 0) is 67.3 Å². The van der Waals surface area contributed by atoms with Gasteiger partial charge in [-0.1, -0.05) is 59.1 Å². The summed E-state index contributed by atoms with van der Waals surface area (Å²) in [5.74, 6) is -3.21. The van der Waals surface area contributed by atoms with E-state index in [9.17, 15) is 19.6 Å². The molecule has 2 N–H and O–H groups in total.